The zero-order chi connectivity index (χ0) is 6.50. The fourth-order valence-corrected chi connectivity index (χ4v) is 0. The molecule has 0 amide bonds. The van der Waals surface area contributed by atoms with Crippen LogP contribution in [0.3, 0.4) is 0 Å². The van der Waals surface area contributed by atoms with Crippen LogP contribution in [0.2, 0.25) is 0 Å². The second-order valence-electron chi connectivity index (χ2n) is 0.513. The largest absolute Gasteiger partial charge is 0 e. The Labute approximate surface area is 108 Å². The summed E-state index contributed by atoms with van der Waals surface area (Å²) in [5.41, 5.74) is 0. The molecule has 0 unspecified atom stereocenters. The minimum Gasteiger partial charge on any atom is 0 e. The SMILES string of the molecule is O=P(O)(O)O.[Cl][Nd].[Nd]. The molecule has 47 valence electrons. The van der Waals surface area contributed by atoms with E-state index in [-0.39, 0.29) is 40.8 Å². The van der Waals surface area contributed by atoms with Crippen molar-refractivity contribution in [3.8, 4) is 0 Å². The van der Waals surface area contributed by atoms with E-state index in [4.69, 9.17) is 25.0 Å². The summed E-state index contributed by atoms with van der Waals surface area (Å²) >= 11 is 0.778. The van der Waals surface area contributed by atoms with Crippen molar-refractivity contribution in [1.82, 2.24) is 0 Å². The van der Waals surface area contributed by atoms with Gasteiger partial charge in [0.25, 0.3) is 0 Å². The maximum atomic E-state index is 8.88. The summed E-state index contributed by atoms with van der Waals surface area (Å²) in [6.07, 6.45) is 0. The predicted molar refractivity (Wildman–Crippen MR) is 20.1 cm³/mol. The molecule has 0 bridgehead atoms. The molecule has 0 saturated heterocycles. The number of phosphoric acid groups is 1. The van der Waals surface area contributed by atoms with Crippen molar-refractivity contribution in [3.05, 3.63) is 0 Å². The summed E-state index contributed by atoms with van der Waals surface area (Å²) in [4.78, 5) is 21.6. The molecular weight excluding hydrogens is 419 g/mol. The van der Waals surface area contributed by atoms with Gasteiger partial charge in [-0.15, -0.1) is 0 Å². The van der Waals surface area contributed by atoms with Crippen LogP contribution in [0.25, 0.3) is 0 Å². The van der Waals surface area contributed by atoms with Gasteiger partial charge in [0.1, 0.15) is 0 Å². The first-order chi connectivity index (χ1) is 3.00. The van der Waals surface area contributed by atoms with Gasteiger partial charge < -0.3 is 14.7 Å². The van der Waals surface area contributed by atoms with Crippen molar-refractivity contribution < 1.29 is 97.3 Å². The van der Waals surface area contributed by atoms with Crippen molar-refractivity contribution >= 4 is 13.6 Å². The maximum Gasteiger partial charge on any atom is 0 e. The molecule has 8 heavy (non-hydrogen) atoms. The third kappa shape index (κ3) is 62.1. The number of hydrogen-bond acceptors (Lipinski definition) is 1. The van der Waals surface area contributed by atoms with Crippen LogP contribution < -0.4 is 0 Å². The van der Waals surface area contributed by atoms with Gasteiger partial charge in [0, 0.05) is 40.8 Å². The average Bonchev–Trinajstić information content (AvgIpc) is 1.36. The molecule has 0 aromatic heterocycles. The van der Waals surface area contributed by atoms with Crippen molar-refractivity contribution in [2.45, 2.75) is 0 Å². The molecule has 8 heteroatoms. The summed E-state index contributed by atoms with van der Waals surface area (Å²) in [5.74, 6) is 4.78. The average molecular weight is 422 g/mol. The Morgan fingerprint density at radius 3 is 1.25 bits per heavy atom. The summed E-state index contributed by atoms with van der Waals surface area (Å²) in [7, 11) is -4.64. The Balaban J connectivity index is -0.0000000750. The Bertz CT molecular complexity index is 60.2. The van der Waals surface area contributed by atoms with Crippen LogP contribution in [0.15, 0.2) is 0 Å². The van der Waals surface area contributed by atoms with E-state index >= 15 is 0 Å². The van der Waals surface area contributed by atoms with E-state index in [1.54, 1.807) is 0 Å². The zero-order valence-electron chi connectivity index (χ0n) is 3.58. The smallest absolute Gasteiger partial charge is 0 e. The van der Waals surface area contributed by atoms with Gasteiger partial charge in [-0.1, -0.05) is 0 Å². The zero-order valence-corrected chi connectivity index (χ0v) is 11.6. The number of hydrogen-bond donors (Lipinski definition) is 3. The van der Waals surface area contributed by atoms with Crippen LogP contribution in [-0.4, -0.2) is 14.7 Å². The summed E-state index contributed by atoms with van der Waals surface area (Å²) < 4.78 is 8.88. The minimum absolute atomic E-state index is 0. The molecule has 4 nitrogen and oxygen atoms in total. The van der Waals surface area contributed by atoms with Gasteiger partial charge in [0.15, 0.2) is 0 Å². The van der Waals surface area contributed by atoms with Crippen molar-refractivity contribution in [2.75, 3.05) is 0 Å². The molecule has 0 radical (unpaired) electrons. The normalized spacial score (nSPS) is 7.88. The van der Waals surface area contributed by atoms with Crippen LogP contribution in [0.5, 0.6) is 0 Å². The molecule has 0 aliphatic heterocycles. The molecule has 0 saturated carbocycles. The van der Waals surface area contributed by atoms with Gasteiger partial charge in [0.05, 0.1) is 0 Å². The maximum absolute atomic E-state index is 8.88. The van der Waals surface area contributed by atoms with Gasteiger partial charge >= 0.3 is 50.8 Å². The third-order valence-electron chi connectivity index (χ3n) is 0. The van der Waals surface area contributed by atoms with E-state index in [2.05, 4.69) is 0 Å². The topological polar surface area (TPSA) is 77.8 Å². The van der Waals surface area contributed by atoms with E-state index < -0.39 is 7.82 Å². The molecule has 0 aromatic carbocycles. The number of halogens is 1. The summed E-state index contributed by atoms with van der Waals surface area (Å²) in [6, 6.07) is 0. The van der Waals surface area contributed by atoms with Crippen LogP contribution in [0, 0.1) is 78.0 Å². The standard InChI is InChI=1S/ClH.2Nd.H3O4P/c;;;1-5(2,3)4/h1H;;;(H3,1,2,3,4)/q;;+1;/p-1. The first-order valence-electron chi connectivity index (χ1n) is 0.972. The molecule has 0 aromatic rings. The van der Waals surface area contributed by atoms with E-state index in [1.807, 2.05) is 0 Å². The second-order valence-corrected chi connectivity index (χ2v) is 1.54. The van der Waals surface area contributed by atoms with Crippen LogP contribution in [0.4, 0.5) is 0 Å². The van der Waals surface area contributed by atoms with E-state index in [0.717, 1.165) is 37.2 Å². The monoisotopic (exact) mass is 417 g/mol. The van der Waals surface area contributed by atoms with E-state index in [0.29, 0.717) is 0 Å². The quantitative estimate of drug-likeness (QED) is 0.472. The predicted octanol–water partition coefficient (Wildman–Crippen LogP) is -0.239. The first-order valence-corrected chi connectivity index (χ1v) is 6.55. The molecule has 0 spiro atoms. The minimum atomic E-state index is -4.64. The second kappa shape index (κ2) is 10.1. The molecule has 0 aliphatic rings. The van der Waals surface area contributed by atoms with E-state index in [1.165, 1.54) is 0 Å². The van der Waals surface area contributed by atoms with Gasteiger partial charge in [-0.25, -0.2) is 4.57 Å². The Morgan fingerprint density at radius 1 is 1.25 bits per heavy atom. The molecule has 0 aliphatic carbocycles. The van der Waals surface area contributed by atoms with E-state index in [9.17, 15) is 0 Å². The van der Waals surface area contributed by atoms with Crippen molar-refractivity contribution in [2.24, 2.45) is 0 Å². The van der Waals surface area contributed by atoms with Gasteiger partial charge in [-0.3, -0.25) is 0 Å². The number of rotatable bonds is 0. The molecule has 0 heterocycles. The molecule has 3 N–H and O–H groups in total. The Morgan fingerprint density at radius 2 is 1.25 bits per heavy atom. The fourth-order valence-electron chi connectivity index (χ4n) is 0. The fraction of sp³-hybridized carbons (Fsp3) is 0. The summed E-state index contributed by atoms with van der Waals surface area (Å²) in [6.45, 7) is 0. The summed E-state index contributed by atoms with van der Waals surface area (Å²) in [5, 5.41) is 0. The van der Waals surface area contributed by atoms with Gasteiger partial charge in [-0.2, -0.15) is 0 Å². The molecule has 0 atom stereocenters. The first kappa shape index (κ1) is 17.3. The third-order valence-corrected chi connectivity index (χ3v) is 0. The molecular formula is H3ClNd2O4P. The van der Waals surface area contributed by atoms with Gasteiger partial charge in [-0.05, 0) is 0 Å². The van der Waals surface area contributed by atoms with Gasteiger partial charge in [0.2, 0.25) is 0 Å². The molecule has 0 rings (SSSR count). The Kier molecular flexibility index (Phi) is 21.8. The van der Waals surface area contributed by atoms with Crippen LogP contribution in [0.1, 0.15) is 0 Å². The van der Waals surface area contributed by atoms with Crippen molar-refractivity contribution in [3.63, 3.8) is 0 Å². The van der Waals surface area contributed by atoms with Crippen LogP contribution in [-0.2, 0) is 4.57 Å². The Hall–Kier alpha value is 3.10. The van der Waals surface area contributed by atoms with Crippen molar-refractivity contribution in [1.29, 1.82) is 0 Å². The van der Waals surface area contributed by atoms with Crippen LogP contribution >= 0.6 is 13.6 Å². The molecule has 0 fully saturated rings.